The van der Waals surface area contributed by atoms with Gasteiger partial charge >= 0.3 is 0 Å². The molecule has 118 valence electrons. The van der Waals surface area contributed by atoms with Crippen molar-refractivity contribution in [3.05, 3.63) is 34.9 Å². The minimum atomic E-state index is -0.120. The van der Waals surface area contributed by atoms with Crippen molar-refractivity contribution in [1.29, 1.82) is 0 Å². The molecule has 0 aromatic heterocycles. The van der Waals surface area contributed by atoms with Gasteiger partial charge in [-0.3, -0.25) is 4.90 Å². The maximum absolute atomic E-state index is 6.44. The number of hydrogen-bond acceptors (Lipinski definition) is 3. The number of nitrogens with two attached hydrogens (primary N) is 1. The zero-order valence-corrected chi connectivity index (χ0v) is 14.4. The van der Waals surface area contributed by atoms with Gasteiger partial charge in [-0.25, -0.2) is 0 Å². The first-order valence-corrected chi connectivity index (χ1v) is 7.83. The largest absolute Gasteiger partial charge is 0.367 e. The van der Waals surface area contributed by atoms with Gasteiger partial charge in [0.25, 0.3) is 0 Å². The topological polar surface area (TPSA) is 38.5 Å². The molecule has 0 saturated carbocycles. The van der Waals surface area contributed by atoms with E-state index in [9.17, 15) is 0 Å². The molecule has 3 nitrogen and oxygen atoms in total. The molecule has 1 atom stereocenters. The van der Waals surface area contributed by atoms with Crippen LogP contribution >= 0.6 is 0 Å². The Bertz CT molecular complexity index is 492. The predicted octanol–water partition coefficient (Wildman–Crippen LogP) is 3.19. The second kappa shape index (κ2) is 5.71. The van der Waals surface area contributed by atoms with E-state index in [-0.39, 0.29) is 17.2 Å². The molecule has 0 amide bonds. The zero-order chi connectivity index (χ0) is 15.8. The second-order valence-electron chi connectivity index (χ2n) is 7.74. The van der Waals surface area contributed by atoms with Gasteiger partial charge in [0.2, 0.25) is 0 Å². The molecular weight excluding hydrogens is 260 g/mol. The Balaban J connectivity index is 2.08. The third-order valence-corrected chi connectivity index (χ3v) is 4.18. The summed E-state index contributed by atoms with van der Waals surface area (Å²) in [6, 6.07) is 6.59. The molecule has 1 saturated heterocycles. The van der Waals surface area contributed by atoms with Gasteiger partial charge in [-0.2, -0.15) is 0 Å². The number of aryl methyl sites for hydroxylation is 2. The van der Waals surface area contributed by atoms with E-state index in [1.54, 1.807) is 0 Å². The summed E-state index contributed by atoms with van der Waals surface area (Å²) in [7, 11) is 0. The first kappa shape index (κ1) is 16.5. The van der Waals surface area contributed by atoms with Gasteiger partial charge < -0.3 is 10.5 Å². The van der Waals surface area contributed by atoms with Crippen LogP contribution in [0.25, 0.3) is 0 Å². The van der Waals surface area contributed by atoms with Crippen LogP contribution in [0.2, 0.25) is 0 Å². The van der Waals surface area contributed by atoms with Gasteiger partial charge in [-0.05, 0) is 58.2 Å². The van der Waals surface area contributed by atoms with E-state index in [0.717, 1.165) is 19.6 Å². The van der Waals surface area contributed by atoms with Crippen LogP contribution in [-0.2, 0) is 4.74 Å². The van der Waals surface area contributed by atoms with Crippen LogP contribution in [0.1, 0.15) is 50.4 Å². The lowest BCUT2D eigenvalue weighted by atomic mass is 9.96. The van der Waals surface area contributed by atoms with Crippen molar-refractivity contribution in [1.82, 2.24) is 4.90 Å². The molecule has 2 rings (SSSR count). The van der Waals surface area contributed by atoms with Gasteiger partial charge in [-0.15, -0.1) is 0 Å². The molecule has 0 aliphatic carbocycles. The van der Waals surface area contributed by atoms with Gasteiger partial charge in [0.05, 0.1) is 11.2 Å². The van der Waals surface area contributed by atoms with Crippen molar-refractivity contribution >= 4 is 0 Å². The van der Waals surface area contributed by atoms with Gasteiger partial charge in [-0.1, -0.05) is 18.2 Å². The van der Waals surface area contributed by atoms with Crippen LogP contribution in [0.4, 0.5) is 0 Å². The molecule has 21 heavy (non-hydrogen) atoms. The monoisotopic (exact) mass is 290 g/mol. The summed E-state index contributed by atoms with van der Waals surface area (Å²) in [5, 5.41) is 0. The van der Waals surface area contributed by atoms with Crippen LogP contribution in [0.15, 0.2) is 18.2 Å². The highest BCUT2D eigenvalue weighted by Crippen LogP contribution is 2.29. The Morgan fingerprint density at radius 3 is 2.19 bits per heavy atom. The van der Waals surface area contributed by atoms with E-state index in [1.807, 2.05) is 0 Å². The lowest BCUT2D eigenvalue weighted by Gasteiger charge is -2.47. The standard InChI is InChI=1S/C18H30N2O/c1-13-7-8-15(9-14(13)2)16(19)10-20-11-17(3,4)21-18(5,6)12-20/h7-9,16H,10-12,19H2,1-6H3. The predicted molar refractivity (Wildman–Crippen MR) is 88.5 cm³/mol. The summed E-state index contributed by atoms with van der Waals surface area (Å²) in [4.78, 5) is 2.43. The van der Waals surface area contributed by atoms with Gasteiger partial charge in [0, 0.05) is 25.7 Å². The van der Waals surface area contributed by atoms with Crippen LogP contribution in [0, 0.1) is 13.8 Å². The lowest BCUT2D eigenvalue weighted by molar-refractivity contribution is -0.181. The van der Waals surface area contributed by atoms with Crippen molar-refractivity contribution in [2.45, 2.75) is 58.8 Å². The number of benzene rings is 1. The lowest BCUT2D eigenvalue weighted by Crippen LogP contribution is -2.58. The molecule has 0 radical (unpaired) electrons. The summed E-state index contributed by atoms with van der Waals surface area (Å²) >= 11 is 0. The second-order valence-corrected chi connectivity index (χ2v) is 7.74. The molecular formula is C18H30N2O. The van der Waals surface area contributed by atoms with Crippen LogP contribution in [0.3, 0.4) is 0 Å². The summed E-state index contributed by atoms with van der Waals surface area (Å²) in [5.74, 6) is 0. The Morgan fingerprint density at radius 2 is 1.67 bits per heavy atom. The fourth-order valence-electron chi connectivity index (χ4n) is 3.45. The van der Waals surface area contributed by atoms with Crippen molar-refractivity contribution in [2.24, 2.45) is 5.73 Å². The molecule has 1 aromatic rings. The normalized spacial score (nSPS) is 23.0. The van der Waals surface area contributed by atoms with E-state index in [1.165, 1.54) is 16.7 Å². The molecule has 0 bridgehead atoms. The number of ether oxygens (including phenoxy) is 1. The van der Waals surface area contributed by atoms with Crippen molar-refractivity contribution in [3.8, 4) is 0 Å². The van der Waals surface area contributed by atoms with Crippen LogP contribution in [0.5, 0.6) is 0 Å². The number of nitrogens with zero attached hydrogens (tertiary/aromatic N) is 1. The molecule has 0 spiro atoms. The summed E-state index contributed by atoms with van der Waals surface area (Å²) in [5.41, 5.74) is 10.1. The van der Waals surface area contributed by atoms with Crippen molar-refractivity contribution in [3.63, 3.8) is 0 Å². The fourth-order valence-corrected chi connectivity index (χ4v) is 3.45. The van der Waals surface area contributed by atoms with Crippen LogP contribution < -0.4 is 5.73 Å². The third-order valence-electron chi connectivity index (χ3n) is 4.18. The Hall–Kier alpha value is -0.900. The maximum atomic E-state index is 6.44. The molecule has 1 heterocycles. The van der Waals surface area contributed by atoms with Gasteiger partial charge in [0.1, 0.15) is 0 Å². The first-order chi connectivity index (χ1) is 9.58. The van der Waals surface area contributed by atoms with E-state index >= 15 is 0 Å². The smallest absolute Gasteiger partial charge is 0.0760 e. The minimum absolute atomic E-state index is 0.0500. The Kier molecular flexibility index (Phi) is 4.48. The summed E-state index contributed by atoms with van der Waals surface area (Å²) < 4.78 is 6.13. The van der Waals surface area contributed by atoms with Gasteiger partial charge in [0.15, 0.2) is 0 Å². The third kappa shape index (κ3) is 4.29. The van der Waals surface area contributed by atoms with E-state index in [2.05, 4.69) is 64.6 Å². The number of rotatable bonds is 3. The van der Waals surface area contributed by atoms with E-state index < -0.39 is 0 Å². The quantitative estimate of drug-likeness (QED) is 0.929. The summed E-state index contributed by atoms with van der Waals surface area (Å²) in [6.45, 7) is 15.6. The highest BCUT2D eigenvalue weighted by molar-refractivity contribution is 5.31. The molecule has 1 aliphatic rings. The SMILES string of the molecule is Cc1ccc(C(N)CN2CC(C)(C)OC(C)(C)C2)cc1C. The average molecular weight is 290 g/mol. The highest BCUT2D eigenvalue weighted by atomic mass is 16.5. The summed E-state index contributed by atoms with van der Waals surface area (Å²) in [6.07, 6.45) is 0. The minimum Gasteiger partial charge on any atom is -0.367 e. The molecule has 1 aromatic carbocycles. The molecule has 1 aliphatic heterocycles. The van der Waals surface area contributed by atoms with Crippen molar-refractivity contribution in [2.75, 3.05) is 19.6 Å². The Labute approximate surface area is 129 Å². The van der Waals surface area contributed by atoms with Crippen molar-refractivity contribution < 1.29 is 4.74 Å². The zero-order valence-electron chi connectivity index (χ0n) is 14.4. The Morgan fingerprint density at radius 1 is 1.10 bits per heavy atom. The highest BCUT2D eigenvalue weighted by Gasteiger charge is 2.38. The van der Waals surface area contributed by atoms with E-state index in [0.29, 0.717) is 0 Å². The first-order valence-electron chi connectivity index (χ1n) is 7.83. The van der Waals surface area contributed by atoms with Crippen LogP contribution in [-0.4, -0.2) is 35.7 Å². The average Bonchev–Trinajstić information content (AvgIpc) is 2.28. The molecule has 1 fully saturated rings. The maximum Gasteiger partial charge on any atom is 0.0760 e. The van der Waals surface area contributed by atoms with E-state index in [4.69, 9.17) is 10.5 Å². The fraction of sp³-hybridized carbons (Fsp3) is 0.667. The molecule has 2 N–H and O–H groups in total. The molecule has 3 heteroatoms. The molecule has 1 unspecified atom stereocenters. The number of hydrogen-bond donors (Lipinski definition) is 1. The number of morpholine rings is 1.